The van der Waals surface area contributed by atoms with Crippen LogP contribution < -0.4 is 5.32 Å². The fraction of sp³-hybridized carbons (Fsp3) is 0.645. The second-order valence-electron chi connectivity index (χ2n) is 11.9. The lowest BCUT2D eigenvalue weighted by Crippen LogP contribution is -2.50. The molecule has 1 saturated heterocycles. The highest BCUT2D eigenvalue weighted by molar-refractivity contribution is 7.86. The van der Waals surface area contributed by atoms with Gasteiger partial charge < -0.3 is 33.8 Å². The Morgan fingerprint density at radius 3 is 2.43 bits per heavy atom. The maximum absolute atomic E-state index is 13.3. The third-order valence-electron chi connectivity index (χ3n) is 7.24. The van der Waals surface area contributed by atoms with Crippen LogP contribution in [0.15, 0.2) is 18.2 Å². The Labute approximate surface area is 264 Å². The van der Waals surface area contributed by atoms with Gasteiger partial charge >= 0.3 is 6.09 Å². The van der Waals surface area contributed by atoms with E-state index in [2.05, 4.69) is 5.32 Å². The number of nitrogens with one attached hydrogen (secondary N) is 1. The Morgan fingerprint density at radius 2 is 1.82 bits per heavy atom. The SMILES string of the molecule is CN(C(=O)c1c(C=O)cccc1CCCOCCCN(C)[S+]([O-])N1CCC(NC(=O)OC(C)(C)C)CC1)C(C=O)CCC=O. The number of hydrogen-bond donors (Lipinski definition) is 1. The van der Waals surface area contributed by atoms with Gasteiger partial charge in [0.15, 0.2) is 6.29 Å². The van der Waals surface area contributed by atoms with E-state index in [4.69, 9.17) is 9.47 Å². The molecule has 0 bridgehead atoms. The van der Waals surface area contributed by atoms with Crippen LogP contribution in [0.2, 0.25) is 0 Å². The van der Waals surface area contributed by atoms with Crippen LogP contribution in [0, 0.1) is 0 Å². The molecule has 1 aliphatic rings. The van der Waals surface area contributed by atoms with Crippen molar-refractivity contribution in [1.29, 1.82) is 0 Å². The maximum atomic E-state index is 13.3. The van der Waals surface area contributed by atoms with Gasteiger partial charge in [0.05, 0.1) is 11.6 Å². The molecule has 1 fully saturated rings. The van der Waals surface area contributed by atoms with E-state index in [1.807, 2.05) is 32.1 Å². The van der Waals surface area contributed by atoms with Gasteiger partial charge in [-0.15, -0.1) is 8.61 Å². The van der Waals surface area contributed by atoms with E-state index in [1.165, 1.54) is 11.9 Å². The van der Waals surface area contributed by atoms with Crippen molar-refractivity contribution >= 4 is 42.4 Å². The molecular weight excluding hydrogens is 588 g/mol. The van der Waals surface area contributed by atoms with Crippen LogP contribution in [0.4, 0.5) is 4.79 Å². The highest BCUT2D eigenvalue weighted by atomic mass is 32.2. The van der Waals surface area contributed by atoms with E-state index in [1.54, 1.807) is 22.5 Å². The average Bonchev–Trinajstić information content (AvgIpc) is 2.99. The van der Waals surface area contributed by atoms with Crippen molar-refractivity contribution in [3.05, 3.63) is 34.9 Å². The predicted octanol–water partition coefficient (Wildman–Crippen LogP) is 2.96. The van der Waals surface area contributed by atoms with Gasteiger partial charge in [-0.3, -0.25) is 9.59 Å². The van der Waals surface area contributed by atoms with Gasteiger partial charge in [0, 0.05) is 65.0 Å². The second-order valence-corrected chi connectivity index (χ2v) is 13.5. The molecule has 12 nitrogen and oxygen atoms in total. The molecule has 1 aromatic rings. The maximum Gasteiger partial charge on any atom is 0.407 e. The third-order valence-corrected chi connectivity index (χ3v) is 8.76. The van der Waals surface area contributed by atoms with E-state index in [0.29, 0.717) is 89.4 Å². The van der Waals surface area contributed by atoms with Crippen molar-refractivity contribution in [3.63, 3.8) is 0 Å². The number of rotatable bonds is 18. The summed E-state index contributed by atoms with van der Waals surface area (Å²) in [6, 6.07) is 4.31. The normalized spacial score (nSPS) is 15.8. The molecule has 0 radical (unpaired) electrons. The molecule has 246 valence electrons. The topological polar surface area (TPSA) is 149 Å². The molecule has 1 aliphatic heterocycles. The molecule has 2 atom stereocenters. The molecule has 2 unspecified atom stereocenters. The van der Waals surface area contributed by atoms with Crippen molar-refractivity contribution in [3.8, 4) is 0 Å². The zero-order chi connectivity index (χ0) is 32.7. The Morgan fingerprint density at radius 1 is 1.14 bits per heavy atom. The minimum atomic E-state index is -1.29. The van der Waals surface area contributed by atoms with Crippen molar-refractivity contribution < 1.29 is 38.0 Å². The summed E-state index contributed by atoms with van der Waals surface area (Å²) < 4.78 is 27.7. The molecule has 1 heterocycles. The molecule has 13 heteroatoms. The van der Waals surface area contributed by atoms with Crippen LogP contribution in [0.5, 0.6) is 0 Å². The number of hydrogen-bond acceptors (Lipinski definition) is 10. The quantitative estimate of drug-likeness (QED) is 0.145. The molecule has 44 heavy (non-hydrogen) atoms. The number of likely N-dealkylation sites (N-methyl/N-ethyl adjacent to an activating group) is 1. The number of amides is 2. The number of alkyl carbamates (subject to hydrolysis) is 1. The smallest absolute Gasteiger partial charge is 0.407 e. The summed E-state index contributed by atoms with van der Waals surface area (Å²) in [6.07, 6.45) is 5.10. The monoisotopic (exact) mass is 636 g/mol. The lowest BCUT2D eigenvalue weighted by atomic mass is 9.96. The highest BCUT2D eigenvalue weighted by Crippen LogP contribution is 2.20. The number of aryl methyl sites for hydroxylation is 1. The minimum absolute atomic E-state index is 0.00509. The fourth-order valence-electron chi connectivity index (χ4n) is 4.87. The summed E-state index contributed by atoms with van der Waals surface area (Å²) in [7, 11) is 3.31. The van der Waals surface area contributed by atoms with E-state index in [9.17, 15) is 28.5 Å². The first kappa shape index (κ1) is 37.3. The largest absolute Gasteiger partial charge is 0.578 e. The predicted molar refractivity (Wildman–Crippen MR) is 168 cm³/mol. The van der Waals surface area contributed by atoms with Gasteiger partial charge in [0.2, 0.25) is 0 Å². The average molecular weight is 637 g/mol. The lowest BCUT2D eigenvalue weighted by molar-refractivity contribution is -0.112. The van der Waals surface area contributed by atoms with Crippen molar-refractivity contribution in [2.45, 2.75) is 83.4 Å². The summed E-state index contributed by atoms with van der Waals surface area (Å²) >= 11 is -1.29. The van der Waals surface area contributed by atoms with Crippen LogP contribution >= 0.6 is 0 Å². The van der Waals surface area contributed by atoms with E-state index >= 15 is 0 Å². The highest BCUT2D eigenvalue weighted by Gasteiger charge is 2.31. The van der Waals surface area contributed by atoms with Gasteiger partial charge in [-0.05, 0) is 64.9 Å². The first-order valence-electron chi connectivity index (χ1n) is 15.1. The third kappa shape index (κ3) is 12.3. The summed E-state index contributed by atoms with van der Waals surface area (Å²) in [5.74, 6) is -0.439. The Hall–Kier alpha value is -2.84. The van der Waals surface area contributed by atoms with Crippen LogP contribution in [0.3, 0.4) is 0 Å². The molecule has 1 aromatic carbocycles. The minimum Gasteiger partial charge on any atom is -0.578 e. The van der Waals surface area contributed by atoms with Crippen LogP contribution in [0.1, 0.15) is 85.6 Å². The molecule has 0 aliphatic carbocycles. The molecular formula is C31H48N4O8S. The van der Waals surface area contributed by atoms with Gasteiger partial charge in [0.1, 0.15) is 29.7 Å². The van der Waals surface area contributed by atoms with Crippen LogP contribution in [-0.2, 0) is 37.0 Å². The Bertz CT molecular complexity index is 1090. The number of piperidine rings is 1. The summed E-state index contributed by atoms with van der Waals surface area (Å²) in [6.45, 7) is 8.17. The number of carbonyl (C=O) groups excluding carboxylic acids is 5. The number of nitrogens with zero attached hydrogens (tertiary/aromatic N) is 3. The van der Waals surface area contributed by atoms with Crippen LogP contribution in [0.25, 0.3) is 0 Å². The van der Waals surface area contributed by atoms with Gasteiger partial charge in [-0.1, -0.05) is 18.2 Å². The first-order chi connectivity index (χ1) is 20.9. The zero-order valence-corrected chi connectivity index (χ0v) is 27.4. The molecule has 2 amide bonds. The molecule has 1 N–H and O–H groups in total. The fourth-order valence-corrected chi connectivity index (χ4v) is 6.07. The summed E-state index contributed by atoms with van der Waals surface area (Å²) in [5, 5.41) is 2.89. The lowest BCUT2D eigenvalue weighted by Gasteiger charge is -2.34. The molecule has 0 aromatic heterocycles. The van der Waals surface area contributed by atoms with Gasteiger partial charge in [-0.2, -0.15) is 0 Å². The number of benzene rings is 1. The van der Waals surface area contributed by atoms with Gasteiger partial charge in [-0.25, -0.2) is 4.79 Å². The molecule has 2 rings (SSSR count). The summed E-state index contributed by atoms with van der Waals surface area (Å²) in [5.41, 5.74) is 0.650. The second kappa shape index (κ2) is 18.8. The number of carbonyl (C=O) groups is 5. The van der Waals surface area contributed by atoms with Gasteiger partial charge in [0.25, 0.3) is 5.91 Å². The van der Waals surface area contributed by atoms with E-state index in [0.717, 1.165) is 0 Å². The standard InChI is InChI=1S/C31H48N4O8S/c1-31(2,3)43-30(40)32-26-14-17-35(18-15-26)44(41)33(4)16-9-21-42-20-8-12-24-10-6-11-25(22-37)28(24)29(39)34(5)27(23-38)13-7-19-36/h6,10-11,19,22-23,26-27H,7-9,12-18,20-21H2,1-5H3,(H,32,40). The zero-order valence-electron chi connectivity index (χ0n) is 26.6. The Kier molecular flexibility index (Phi) is 16.0. The van der Waals surface area contributed by atoms with E-state index < -0.39 is 35.2 Å². The molecule has 0 saturated carbocycles. The van der Waals surface area contributed by atoms with Crippen molar-refractivity contribution in [2.24, 2.45) is 0 Å². The summed E-state index contributed by atoms with van der Waals surface area (Å²) in [4.78, 5) is 60.5. The van der Waals surface area contributed by atoms with Crippen molar-refractivity contribution in [1.82, 2.24) is 18.8 Å². The first-order valence-corrected chi connectivity index (χ1v) is 16.2. The molecule has 0 spiro atoms. The number of ether oxygens (including phenoxy) is 2. The number of aldehydes is 3. The Balaban J connectivity index is 1.74. The van der Waals surface area contributed by atoms with Crippen molar-refractivity contribution in [2.75, 3.05) is 46.9 Å². The van der Waals surface area contributed by atoms with Crippen LogP contribution in [-0.4, -0.2) is 114 Å². The van der Waals surface area contributed by atoms with E-state index in [-0.39, 0.29) is 30.0 Å².